The summed E-state index contributed by atoms with van der Waals surface area (Å²) in [6.07, 6.45) is 3.98. The summed E-state index contributed by atoms with van der Waals surface area (Å²) in [7, 11) is 0. The molecule has 1 aliphatic heterocycles. The zero-order valence-electron chi connectivity index (χ0n) is 11.8. The van der Waals surface area contributed by atoms with E-state index in [0.29, 0.717) is 11.8 Å². The fourth-order valence-corrected chi connectivity index (χ4v) is 2.59. The van der Waals surface area contributed by atoms with Crippen LogP contribution in [0.2, 0.25) is 0 Å². The van der Waals surface area contributed by atoms with Gasteiger partial charge in [-0.2, -0.15) is 4.98 Å². The van der Waals surface area contributed by atoms with E-state index in [9.17, 15) is 0 Å². The molecule has 2 atom stereocenters. The fraction of sp³-hybridized carbons (Fsp3) is 0.500. The van der Waals surface area contributed by atoms with Gasteiger partial charge in [0.05, 0.1) is 0 Å². The highest BCUT2D eigenvalue weighted by molar-refractivity contribution is 5.14. The van der Waals surface area contributed by atoms with Gasteiger partial charge in [-0.05, 0) is 30.7 Å². The molecule has 1 saturated heterocycles. The largest absolute Gasteiger partial charge is 0.368 e. The maximum absolute atomic E-state index is 5.64. The first kappa shape index (κ1) is 13.3. The van der Waals surface area contributed by atoms with E-state index in [2.05, 4.69) is 41.3 Å². The fourth-order valence-electron chi connectivity index (χ4n) is 2.59. The van der Waals surface area contributed by atoms with Crippen molar-refractivity contribution in [2.45, 2.75) is 38.7 Å². The molecule has 1 aromatic carbocycles. The third-order valence-corrected chi connectivity index (χ3v) is 3.82. The van der Waals surface area contributed by atoms with Crippen molar-refractivity contribution in [2.75, 3.05) is 6.61 Å². The minimum absolute atomic E-state index is 0.00891. The standard InChI is InChI=1S/C16H20N2O2/c1-12-10-11-19-15(12)16-17-14(18-20-16)9-5-8-13-6-3-2-4-7-13/h2-4,6-7,12,15H,5,8-11H2,1H3/t12-,15+/m0/s1. The third kappa shape index (κ3) is 3.07. The van der Waals surface area contributed by atoms with Crippen LogP contribution in [0.25, 0.3) is 0 Å². The first-order valence-electron chi connectivity index (χ1n) is 7.31. The van der Waals surface area contributed by atoms with Gasteiger partial charge in [-0.1, -0.05) is 42.4 Å². The molecule has 0 unspecified atom stereocenters. The summed E-state index contributed by atoms with van der Waals surface area (Å²) in [5.74, 6) is 1.90. The molecule has 0 saturated carbocycles. The highest BCUT2D eigenvalue weighted by atomic mass is 16.5. The molecular formula is C16H20N2O2. The van der Waals surface area contributed by atoms with Gasteiger partial charge in [0.2, 0.25) is 0 Å². The molecule has 0 radical (unpaired) electrons. The third-order valence-electron chi connectivity index (χ3n) is 3.82. The van der Waals surface area contributed by atoms with Crippen LogP contribution in [0.1, 0.15) is 43.1 Å². The number of hydrogen-bond acceptors (Lipinski definition) is 4. The summed E-state index contributed by atoms with van der Waals surface area (Å²) in [5, 5.41) is 4.06. The molecular weight excluding hydrogens is 252 g/mol. The predicted molar refractivity (Wildman–Crippen MR) is 75.2 cm³/mol. The van der Waals surface area contributed by atoms with Crippen molar-refractivity contribution in [1.82, 2.24) is 10.1 Å². The molecule has 0 bridgehead atoms. The first-order valence-corrected chi connectivity index (χ1v) is 7.31. The molecule has 20 heavy (non-hydrogen) atoms. The average Bonchev–Trinajstić information content (AvgIpc) is 3.09. The average molecular weight is 272 g/mol. The van der Waals surface area contributed by atoms with Crippen LogP contribution in [0.5, 0.6) is 0 Å². The van der Waals surface area contributed by atoms with Gasteiger partial charge in [0.15, 0.2) is 5.82 Å². The van der Waals surface area contributed by atoms with Crippen LogP contribution >= 0.6 is 0 Å². The van der Waals surface area contributed by atoms with Crippen LogP contribution in [0.4, 0.5) is 0 Å². The minimum Gasteiger partial charge on any atom is -0.368 e. The number of hydrogen-bond donors (Lipinski definition) is 0. The zero-order valence-corrected chi connectivity index (χ0v) is 11.8. The molecule has 1 aliphatic rings. The Labute approximate surface area is 119 Å². The van der Waals surface area contributed by atoms with Gasteiger partial charge in [0.1, 0.15) is 6.10 Å². The smallest absolute Gasteiger partial charge is 0.256 e. The van der Waals surface area contributed by atoms with Crippen molar-refractivity contribution in [3.8, 4) is 0 Å². The Morgan fingerprint density at radius 2 is 2.05 bits per heavy atom. The number of benzene rings is 1. The van der Waals surface area contributed by atoms with Crippen LogP contribution in [0, 0.1) is 5.92 Å². The molecule has 0 aliphatic carbocycles. The van der Waals surface area contributed by atoms with Gasteiger partial charge in [-0.3, -0.25) is 0 Å². The summed E-state index contributed by atoms with van der Waals surface area (Å²) in [5.41, 5.74) is 1.35. The van der Waals surface area contributed by atoms with Gasteiger partial charge < -0.3 is 9.26 Å². The minimum atomic E-state index is -0.00891. The van der Waals surface area contributed by atoms with Crippen LogP contribution in [0.15, 0.2) is 34.9 Å². The molecule has 4 nitrogen and oxygen atoms in total. The van der Waals surface area contributed by atoms with Crippen molar-refractivity contribution in [1.29, 1.82) is 0 Å². The molecule has 106 valence electrons. The van der Waals surface area contributed by atoms with E-state index in [1.807, 2.05) is 6.07 Å². The van der Waals surface area contributed by atoms with Gasteiger partial charge >= 0.3 is 0 Å². The second-order valence-electron chi connectivity index (χ2n) is 5.45. The van der Waals surface area contributed by atoms with Crippen molar-refractivity contribution in [3.63, 3.8) is 0 Å². The summed E-state index contributed by atoms with van der Waals surface area (Å²) in [6, 6.07) is 10.5. The Hall–Kier alpha value is -1.68. The van der Waals surface area contributed by atoms with Gasteiger partial charge in [0, 0.05) is 13.0 Å². The van der Waals surface area contributed by atoms with Gasteiger partial charge in [0.25, 0.3) is 5.89 Å². The molecule has 2 heterocycles. The molecule has 0 N–H and O–H groups in total. The van der Waals surface area contributed by atoms with Crippen molar-refractivity contribution in [3.05, 3.63) is 47.6 Å². The highest BCUT2D eigenvalue weighted by Crippen LogP contribution is 2.32. The van der Waals surface area contributed by atoms with Crippen molar-refractivity contribution in [2.24, 2.45) is 5.92 Å². The topological polar surface area (TPSA) is 48.2 Å². The Morgan fingerprint density at radius 3 is 2.80 bits per heavy atom. The maximum atomic E-state index is 5.64. The lowest BCUT2D eigenvalue weighted by atomic mass is 10.0. The Balaban J connectivity index is 1.52. The molecule has 0 spiro atoms. The van der Waals surface area contributed by atoms with Gasteiger partial charge in [-0.25, -0.2) is 0 Å². The lowest BCUT2D eigenvalue weighted by Gasteiger charge is -2.07. The normalized spacial score (nSPS) is 22.2. The second kappa shape index (κ2) is 6.18. The van der Waals surface area contributed by atoms with Gasteiger partial charge in [-0.15, -0.1) is 0 Å². The number of rotatable bonds is 5. The Bertz CT molecular complexity index is 538. The molecule has 1 aromatic heterocycles. The molecule has 1 fully saturated rings. The number of aromatic nitrogens is 2. The van der Waals surface area contributed by atoms with E-state index in [0.717, 1.165) is 38.1 Å². The molecule has 4 heteroatoms. The Morgan fingerprint density at radius 1 is 1.20 bits per heavy atom. The number of ether oxygens (including phenoxy) is 1. The zero-order chi connectivity index (χ0) is 13.8. The van der Waals surface area contributed by atoms with Crippen LogP contribution in [-0.4, -0.2) is 16.7 Å². The summed E-state index contributed by atoms with van der Waals surface area (Å²) in [4.78, 5) is 4.47. The van der Waals surface area contributed by atoms with Crippen LogP contribution in [0.3, 0.4) is 0 Å². The lowest BCUT2D eigenvalue weighted by molar-refractivity contribution is 0.0661. The molecule has 2 aromatic rings. The number of nitrogens with zero attached hydrogens (tertiary/aromatic N) is 2. The van der Waals surface area contributed by atoms with E-state index in [1.54, 1.807) is 0 Å². The molecule has 3 rings (SSSR count). The van der Waals surface area contributed by atoms with E-state index in [4.69, 9.17) is 9.26 Å². The van der Waals surface area contributed by atoms with Crippen LogP contribution in [-0.2, 0) is 17.6 Å². The monoisotopic (exact) mass is 272 g/mol. The van der Waals surface area contributed by atoms with E-state index >= 15 is 0 Å². The van der Waals surface area contributed by atoms with E-state index < -0.39 is 0 Å². The first-order chi connectivity index (χ1) is 9.83. The predicted octanol–water partition coefficient (Wildman–Crippen LogP) is 3.34. The summed E-state index contributed by atoms with van der Waals surface area (Å²) >= 11 is 0. The van der Waals surface area contributed by atoms with Crippen molar-refractivity contribution < 1.29 is 9.26 Å². The molecule has 0 amide bonds. The summed E-state index contributed by atoms with van der Waals surface area (Å²) in [6.45, 7) is 2.95. The van der Waals surface area contributed by atoms with E-state index in [-0.39, 0.29) is 6.10 Å². The lowest BCUT2D eigenvalue weighted by Crippen LogP contribution is -2.04. The maximum Gasteiger partial charge on any atom is 0.256 e. The summed E-state index contributed by atoms with van der Waals surface area (Å²) < 4.78 is 11.0. The SMILES string of the molecule is C[C@H]1CCO[C@H]1c1nc(CCCc2ccccc2)no1. The number of aryl methyl sites for hydroxylation is 2. The highest BCUT2D eigenvalue weighted by Gasteiger charge is 2.30. The quantitative estimate of drug-likeness (QED) is 0.837. The second-order valence-corrected chi connectivity index (χ2v) is 5.45. The van der Waals surface area contributed by atoms with Crippen LogP contribution < -0.4 is 0 Å². The van der Waals surface area contributed by atoms with Crippen molar-refractivity contribution >= 4 is 0 Å². The Kier molecular flexibility index (Phi) is 4.11. The van der Waals surface area contributed by atoms with E-state index in [1.165, 1.54) is 5.56 Å².